The number of hydrogen-bond donors (Lipinski definition) is 1. The zero-order valence-electron chi connectivity index (χ0n) is 15.7. The zero-order chi connectivity index (χ0) is 19.0. The van der Waals surface area contributed by atoms with Gasteiger partial charge in [0, 0.05) is 21.8 Å². The first kappa shape index (κ1) is 18.2. The van der Waals surface area contributed by atoms with Crippen LogP contribution in [0.25, 0.3) is 16.7 Å². The van der Waals surface area contributed by atoms with Crippen LogP contribution in [0.2, 0.25) is 0 Å². The van der Waals surface area contributed by atoms with Crippen LogP contribution >= 0.6 is 15.9 Å². The fourth-order valence-corrected chi connectivity index (χ4v) is 4.30. The monoisotopic (exact) mass is 425 g/mol. The van der Waals surface area contributed by atoms with Crippen LogP contribution in [0, 0.1) is 12.8 Å². The van der Waals surface area contributed by atoms with E-state index in [4.69, 9.17) is 0 Å². The molecule has 1 amide bonds. The van der Waals surface area contributed by atoms with Gasteiger partial charge in [-0.15, -0.1) is 0 Å². The SMILES string of the molecule is Cc1nc2cc(C(=O)N[C@@H]3CCCC[C@H]3C)ccc2n1-c1ccc(Br)cc1. The lowest BCUT2D eigenvalue weighted by Gasteiger charge is -2.29. The highest BCUT2D eigenvalue weighted by Crippen LogP contribution is 2.26. The Morgan fingerprint density at radius 2 is 1.89 bits per heavy atom. The molecule has 0 radical (unpaired) electrons. The summed E-state index contributed by atoms with van der Waals surface area (Å²) < 4.78 is 3.16. The number of hydrogen-bond acceptors (Lipinski definition) is 2. The normalized spacial score (nSPS) is 20.0. The molecule has 140 valence electrons. The van der Waals surface area contributed by atoms with Gasteiger partial charge in [0.05, 0.1) is 11.0 Å². The van der Waals surface area contributed by atoms with E-state index in [0.29, 0.717) is 11.5 Å². The molecule has 4 nitrogen and oxygen atoms in total. The summed E-state index contributed by atoms with van der Waals surface area (Å²) in [6.07, 6.45) is 4.74. The summed E-state index contributed by atoms with van der Waals surface area (Å²) in [5.41, 5.74) is 3.60. The maximum absolute atomic E-state index is 12.8. The Morgan fingerprint density at radius 1 is 1.15 bits per heavy atom. The van der Waals surface area contributed by atoms with Crippen LogP contribution < -0.4 is 5.32 Å². The number of aromatic nitrogens is 2. The van der Waals surface area contributed by atoms with Gasteiger partial charge in [0.25, 0.3) is 5.91 Å². The lowest BCUT2D eigenvalue weighted by Crippen LogP contribution is -2.41. The second kappa shape index (κ2) is 7.47. The van der Waals surface area contributed by atoms with Crippen molar-refractivity contribution >= 4 is 32.9 Å². The Kier molecular flexibility index (Phi) is 5.04. The van der Waals surface area contributed by atoms with Gasteiger partial charge in [0.1, 0.15) is 5.82 Å². The number of halogens is 1. The van der Waals surface area contributed by atoms with Crippen molar-refractivity contribution in [1.29, 1.82) is 0 Å². The summed E-state index contributed by atoms with van der Waals surface area (Å²) in [6.45, 7) is 4.22. The molecule has 0 aliphatic heterocycles. The molecule has 4 rings (SSSR count). The number of carbonyl (C=O) groups is 1. The Hall–Kier alpha value is -2.14. The molecule has 0 spiro atoms. The van der Waals surface area contributed by atoms with Gasteiger partial charge in [-0.3, -0.25) is 9.36 Å². The van der Waals surface area contributed by atoms with Gasteiger partial charge >= 0.3 is 0 Å². The predicted octanol–water partition coefficient (Wildman–Crippen LogP) is 5.40. The first-order chi connectivity index (χ1) is 13.0. The number of carbonyl (C=O) groups excluding carboxylic acids is 1. The molecule has 1 aliphatic carbocycles. The van der Waals surface area contributed by atoms with E-state index in [0.717, 1.165) is 33.4 Å². The summed E-state index contributed by atoms with van der Waals surface area (Å²) in [7, 11) is 0. The van der Waals surface area contributed by atoms with Crippen molar-refractivity contribution < 1.29 is 4.79 Å². The molecule has 1 fully saturated rings. The molecule has 1 heterocycles. The molecule has 3 aromatic rings. The molecular weight excluding hydrogens is 402 g/mol. The largest absolute Gasteiger partial charge is 0.349 e. The highest BCUT2D eigenvalue weighted by molar-refractivity contribution is 9.10. The molecule has 5 heteroatoms. The summed E-state index contributed by atoms with van der Waals surface area (Å²) in [6, 6.07) is 14.2. The lowest BCUT2D eigenvalue weighted by atomic mass is 9.86. The molecule has 0 bridgehead atoms. The first-order valence-corrected chi connectivity index (χ1v) is 10.4. The molecule has 0 saturated heterocycles. The quantitative estimate of drug-likeness (QED) is 0.609. The van der Waals surface area contributed by atoms with Crippen LogP contribution in [-0.2, 0) is 0 Å². The van der Waals surface area contributed by atoms with Gasteiger partial charge in [-0.2, -0.15) is 0 Å². The number of benzene rings is 2. The standard InChI is InChI=1S/C22H24BrN3O/c1-14-5-3-4-6-19(14)25-22(27)16-7-12-21-20(13-16)24-15(2)26(21)18-10-8-17(23)9-11-18/h7-14,19H,3-6H2,1-2H3,(H,25,27)/t14-,19-/m1/s1. The predicted molar refractivity (Wildman–Crippen MR) is 112 cm³/mol. The molecule has 27 heavy (non-hydrogen) atoms. The summed E-state index contributed by atoms with van der Waals surface area (Å²) in [4.78, 5) is 17.4. The number of nitrogens with one attached hydrogen (secondary N) is 1. The third-order valence-corrected chi connectivity index (χ3v) is 6.13. The van der Waals surface area contributed by atoms with Crippen molar-refractivity contribution in [3.8, 4) is 5.69 Å². The van der Waals surface area contributed by atoms with Gasteiger partial charge < -0.3 is 5.32 Å². The van der Waals surface area contributed by atoms with Crippen LogP contribution in [0.4, 0.5) is 0 Å². The second-order valence-electron chi connectivity index (χ2n) is 7.52. The van der Waals surface area contributed by atoms with Crippen molar-refractivity contribution in [3.63, 3.8) is 0 Å². The molecule has 2 aromatic carbocycles. The van der Waals surface area contributed by atoms with Crippen molar-refractivity contribution in [3.05, 3.63) is 58.3 Å². The minimum absolute atomic E-state index is 0.00601. The zero-order valence-corrected chi connectivity index (χ0v) is 17.3. The van der Waals surface area contributed by atoms with E-state index in [9.17, 15) is 4.79 Å². The fourth-order valence-electron chi connectivity index (χ4n) is 4.04. The number of imidazole rings is 1. The summed E-state index contributed by atoms with van der Waals surface area (Å²) >= 11 is 3.48. The van der Waals surface area contributed by atoms with Crippen molar-refractivity contribution in [2.24, 2.45) is 5.92 Å². The van der Waals surface area contributed by atoms with Crippen LogP contribution in [0.1, 0.15) is 48.8 Å². The van der Waals surface area contributed by atoms with E-state index in [2.05, 4.69) is 49.9 Å². The van der Waals surface area contributed by atoms with E-state index in [1.54, 1.807) is 0 Å². The summed E-state index contributed by atoms with van der Waals surface area (Å²) in [5.74, 6) is 1.46. The smallest absolute Gasteiger partial charge is 0.251 e. The average molecular weight is 426 g/mol. The fraction of sp³-hybridized carbons (Fsp3) is 0.364. The Morgan fingerprint density at radius 3 is 2.63 bits per heavy atom. The Labute approximate surface area is 168 Å². The highest BCUT2D eigenvalue weighted by atomic mass is 79.9. The van der Waals surface area contributed by atoms with Crippen LogP contribution in [0.5, 0.6) is 0 Å². The van der Waals surface area contributed by atoms with E-state index >= 15 is 0 Å². The summed E-state index contributed by atoms with van der Waals surface area (Å²) in [5, 5.41) is 3.23. The maximum Gasteiger partial charge on any atom is 0.251 e. The van der Waals surface area contributed by atoms with Gasteiger partial charge in [0.15, 0.2) is 0 Å². The van der Waals surface area contributed by atoms with Gasteiger partial charge in [0.2, 0.25) is 0 Å². The Balaban J connectivity index is 1.63. The molecular formula is C22H24BrN3O. The van der Waals surface area contributed by atoms with E-state index in [1.165, 1.54) is 19.3 Å². The topological polar surface area (TPSA) is 46.9 Å². The number of rotatable bonds is 3. The van der Waals surface area contributed by atoms with Crippen molar-refractivity contribution in [2.45, 2.75) is 45.6 Å². The van der Waals surface area contributed by atoms with E-state index in [-0.39, 0.29) is 11.9 Å². The molecule has 0 unspecified atom stereocenters. The molecule has 1 N–H and O–H groups in total. The molecule has 1 aliphatic rings. The number of aryl methyl sites for hydroxylation is 1. The highest BCUT2D eigenvalue weighted by Gasteiger charge is 2.23. The van der Waals surface area contributed by atoms with Crippen LogP contribution in [0.3, 0.4) is 0 Å². The molecule has 2 atom stereocenters. The van der Waals surface area contributed by atoms with E-state index < -0.39 is 0 Å². The minimum atomic E-state index is 0.00601. The Bertz CT molecular complexity index is 977. The maximum atomic E-state index is 12.8. The molecule has 1 aromatic heterocycles. The number of fused-ring (bicyclic) bond motifs is 1. The number of nitrogens with zero attached hydrogens (tertiary/aromatic N) is 2. The average Bonchev–Trinajstić information content (AvgIpc) is 2.99. The van der Waals surface area contributed by atoms with Crippen molar-refractivity contribution in [2.75, 3.05) is 0 Å². The van der Waals surface area contributed by atoms with Gasteiger partial charge in [-0.05, 0) is 68.1 Å². The van der Waals surface area contributed by atoms with Crippen LogP contribution in [-0.4, -0.2) is 21.5 Å². The van der Waals surface area contributed by atoms with Crippen LogP contribution in [0.15, 0.2) is 46.9 Å². The third-order valence-electron chi connectivity index (χ3n) is 5.60. The third kappa shape index (κ3) is 3.65. The number of amides is 1. The minimum Gasteiger partial charge on any atom is -0.349 e. The van der Waals surface area contributed by atoms with E-state index in [1.807, 2.05) is 37.3 Å². The van der Waals surface area contributed by atoms with Gasteiger partial charge in [-0.1, -0.05) is 35.7 Å². The second-order valence-corrected chi connectivity index (χ2v) is 8.43. The first-order valence-electron chi connectivity index (χ1n) is 9.59. The lowest BCUT2D eigenvalue weighted by molar-refractivity contribution is 0.0910. The van der Waals surface area contributed by atoms with Crippen molar-refractivity contribution in [1.82, 2.24) is 14.9 Å². The molecule has 1 saturated carbocycles. The van der Waals surface area contributed by atoms with Gasteiger partial charge in [-0.25, -0.2) is 4.98 Å².